The van der Waals surface area contributed by atoms with E-state index in [1.807, 2.05) is 18.2 Å². The van der Waals surface area contributed by atoms with E-state index in [4.69, 9.17) is 17.3 Å². The van der Waals surface area contributed by atoms with Gasteiger partial charge in [-0.2, -0.15) is 5.10 Å². The van der Waals surface area contributed by atoms with E-state index in [1.54, 1.807) is 0 Å². The van der Waals surface area contributed by atoms with Crippen molar-refractivity contribution < 1.29 is 0 Å². The van der Waals surface area contributed by atoms with Gasteiger partial charge < -0.3 is 10.7 Å². The maximum absolute atomic E-state index is 6.17. The number of guanidine groups is 1. The number of H-pyrrole nitrogens is 1. The van der Waals surface area contributed by atoms with Gasteiger partial charge in [0.05, 0.1) is 5.71 Å². The van der Waals surface area contributed by atoms with Crippen molar-refractivity contribution >= 4 is 34.2 Å². The maximum atomic E-state index is 6.17. The van der Waals surface area contributed by atoms with Gasteiger partial charge in [-0.3, -0.25) is 4.99 Å². The fourth-order valence-corrected chi connectivity index (χ4v) is 3.30. The highest BCUT2D eigenvalue weighted by Crippen LogP contribution is 2.31. The van der Waals surface area contributed by atoms with E-state index in [2.05, 4.69) is 27.4 Å². The Labute approximate surface area is 147 Å². The second kappa shape index (κ2) is 7.71. The third kappa shape index (κ3) is 3.73. The summed E-state index contributed by atoms with van der Waals surface area (Å²) in [6.45, 7) is 2.91. The zero-order chi connectivity index (χ0) is 16.9. The summed E-state index contributed by atoms with van der Waals surface area (Å²) in [5.41, 5.74) is 13.3. The number of nitrogens with one attached hydrogen (secondary N) is 2. The van der Waals surface area contributed by atoms with Gasteiger partial charge >= 0.3 is 0 Å². The van der Waals surface area contributed by atoms with Gasteiger partial charge in [-0.1, -0.05) is 31.4 Å². The number of aromatic nitrogens is 1. The summed E-state index contributed by atoms with van der Waals surface area (Å²) in [7, 11) is 0. The van der Waals surface area contributed by atoms with Crippen LogP contribution in [0.3, 0.4) is 0 Å². The Balaban J connectivity index is 1.81. The van der Waals surface area contributed by atoms with Gasteiger partial charge in [0.15, 0.2) is 0 Å². The Morgan fingerprint density at radius 3 is 3.04 bits per heavy atom. The fourth-order valence-electron chi connectivity index (χ4n) is 3.13. The molecule has 1 aliphatic rings. The van der Waals surface area contributed by atoms with Crippen LogP contribution in [-0.2, 0) is 6.42 Å². The molecule has 0 fully saturated rings. The predicted molar refractivity (Wildman–Crippen MR) is 102 cm³/mol. The van der Waals surface area contributed by atoms with Crippen LogP contribution in [0.2, 0.25) is 5.02 Å². The summed E-state index contributed by atoms with van der Waals surface area (Å²) in [5, 5.41) is 6.38. The molecule has 3 rings (SSSR count). The van der Waals surface area contributed by atoms with Crippen LogP contribution in [0.15, 0.2) is 28.3 Å². The number of aliphatic imine (C=N–C) groups is 1. The highest BCUT2D eigenvalue weighted by atomic mass is 35.5. The molecule has 6 heteroatoms. The van der Waals surface area contributed by atoms with Crippen LogP contribution in [0.1, 0.15) is 50.3 Å². The minimum atomic E-state index is 0.378. The standard InChI is InChI=1S/C18H24ClN5/c1-2-3-4-10-21-18(20)24-23-16-7-5-6-15-17(16)13-11-12(19)8-9-14(13)22-15/h8-9,11,22H,2-7,10H2,1H3,(H3,20,21,24). The first-order chi connectivity index (χ1) is 11.7. The number of nitrogens with two attached hydrogens (primary N) is 1. The van der Waals surface area contributed by atoms with Crippen LogP contribution in [0.4, 0.5) is 0 Å². The van der Waals surface area contributed by atoms with Crippen molar-refractivity contribution in [3.05, 3.63) is 34.5 Å². The van der Waals surface area contributed by atoms with Crippen LogP contribution >= 0.6 is 11.6 Å². The summed E-state index contributed by atoms with van der Waals surface area (Å²) in [6, 6.07) is 5.92. The first-order valence-corrected chi connectivity index (χ1v) is 8.99. The lowest BCUT2D eigenvalue weighted by atomic mass is 9.93. The minimum absolute atomic E-state index is 0.378. The SMILES string of the molecule is CCCCCN=C(N)NN=C1CCCc2[nH]c3ccc(Cl)cc3c21. The number of halogens is 1. The number of hydrazone groups is 1. The summed E-state index contributed by atoms with van der Waals surface area (Å²) in [4.78, 5) is 7.79. The number of hydrogen-bond acceptors (Lipinski definition) is 2. The predicted octanol–water partition coefficient (Wildman–Crippen LogP) is 3.96. The highest BCUT2D eigenvalue weighted by Gasteiger charge is 2.21. The lowest BCUT2D eigenvalue weighted by Gasteiger charge is -2.14. The molecule has 1 aliphatic carbocycles. The van der Waals surface area contributed by atoms with Gasteiger partial charge in [-0.25, -0.2) is 5.43 Å². The molecule has 1 heterocycles. The molecular formula is C18H24ClN5. The lowest BCUT2D eigenvalue weighted by molar-refractivity contribution is 0.724. The van der Waals surface area contributed by atoms with Crippen LogP contribution in [0, 0.1) is 0 Å². The van der Waals surface area contributed by atoms with E-state index in [0.29, 0.717) is 5.96 Å². The molecule has 128 valence electrons. The van der Waals surface area contributed by atoms with E-state index >= 15 is 0 Å². The summed E-state index contributed by atoms with van der Waals surface area (Å²) >= 11 is 6.17. The molecule has 0 unspecified atom stereocenters. The van der Waals surface area contributed by atoms with Crippen molar-refractivity contribution in [2.45, 2.75) is 45.4 Å². The molecule has 0 saturated carbocycles. The number of fused-ring (bicyclic) bond motifs is 3. The molecule has 0 aliphatic heterocycles. The second-order valence-corrected chi connectivity index (χ2v) is 6.60. The number of hydrogen-bond donors (Lipinski definition) is 3. The molecule has 5 nitrogen and oxygen atoms in total. The third-order valence-electron chi connectivity index (χ3n) is 4.32. The molecule has 0 spiro atoms. The van der Waals surface area contributed by atoms with Crippen molar-refractivity contribution in [2.24, 2.45) is 15.8 Å². The van der Waals surface area contributed by atoms with Crippen LogP contribution < -0.4 is 11.2 Å². The molecule has 0 atom stereocenters. The molecule has 0 saturated heterocycles. The molecule has 24 heavy (non-hydrogen) atoms. The quantitative estimate of drug-likeness (QED) is 0.332. The van der Waals surface area contributed by atoms with Gasteiger partial charge in [0.1, 0.15) is 0 Å². The smallest absolute Gasteiger partial charge is 0.209 e. The molecule has 2 aromatic rings. The van der Waals surface area contributed by atoms with Gasteiger partial charge in [0.2, 0.25) is 5.96 Å². The Hall–Kier alpha value is -2.01. The van der Waals surface area contributed by atoms with Gasteiger partial charge in [0, 0.05) is 33.7 Å². The summed E-state index contributed by atoms with van der Waals surface area (Å²) in [5.74, 6) is 0.378. The number of aromatic amines is 1. The second-order valence-electron chi connectivity index (χ2n) is 6.17. The molecule has 4 N–H and O–H groups in total. The topological polar surface area (TPSA) is 78.6 Å². The number of rotatable bonds is 5. The average Bonchev–Trinajstić information content (AvgIpc) is 2.95. The molecule has 0 amide bonds. The summed E-state index contributed by atoms with van der Waals surface area (Å²) in [6.07, 6.45) is 6.42. The zero-order valence-electron chi connectivity index (χ0n) is 14.0. The Morgan fingerprint density at radius 1 is 1.33 bits per heavy atom. The molecule has 0 radical (unpaired) electrons. The van der Waals surface area contributed by atoms with E-state index < -0.39 is 0 Å². The Kier molecular flexibility index (Phi) is 5.41. The fraction of sp³-hybridized carbons (Fsp3) is 0.444. The number of aryl methyl sites for hydroxylation is 1. The van der Waals surface area contributed by atoms with Crippen molar-refractivity contribution in [1.29, 1.82) is 0 Å². The highest BCUT2D eigenvalue weighted by molar-refractivity contribution is 6.31. The number of benzene rings is 1. The molecular weight excluding hydrogens is 322 g/mol. The van der Waals surface area contributed by atoms with Crippen LogP contribution in [-0.4, -0.2) is 23.2 Å². The zero-order valence-corrected chi connectivity index (χ0v) is 14.8. The van der Waals surface area contributed by atoms with Gasteiger partial charge in [-0.05, 0) is 43.9 Å². The summed E-state index contributed by atoms with van der Waals surface area (Å²) < 4.78 is 0. The molecule has 1 aromatic carbocycles. The van der Waals surface area contributed by atoms with Gasteiger partial charge in [0.25, 0.3) is 0 Å². The minimum Gasteiger partial charge on any atom is -0.369 e. The number of nitrogens with zero attached hydrogens (tertiary/aromatic N) is 2. The monoisotopic (exact) mass is 345 g/mol. The van der Waals surface area contributed by atoms with E-state index in [1.165, 1.54) is 18.5 Å². The first kappa shape index (κ1) is 16.8. The lowest BCUT2D eigenvalue weighted by Crippen LogP contribution is -2.29. The Morgan fingerprint density at radius 2 is 2.21 bits per heavy atom. The molecule has 1 aromatic heterocycles. The Bertz CT molecular complexity index is 775. The molecule has 0 bridgehead atoms. The van der Waals surface area contributed by atoms with Crippen molar-refractivity contribution in [3.63, 3.8) is 0 Å². The van der Waals surface area contributed by atoms with Crippen molar-refractivity contribution in [2.75, 3.05) is 6.54 Å². The van der Waals surface area contributed by atoms with E-state index in [9.17, 15) is 0 Å². The van der Waals surface area contributed by atoms with Crippen LogP contribution in [0.5, 0.6) is 0 Å². The van der Waals surface area contributed by atoms with Crippen molar-refractivity contribution in [1.82, 2.24) is 10.4 Å². The van der Waals surface area contributed by atoms with E-state index in [-0.39, 0.29) is 0 Å². The van der Waals surface area contributed by atoms with Crippen LogP contribution in [0.25, 0.3) is 10.9 Å². The normalized spacial score (nSPS) is 16.6. The average molecular weight is 346 g/mol. The number of unbranched alkanes of at least 4 members (excludes halogenated alkanes) is 2. The largest absolute Gasteiger partial charge is 0.369 e. The first-order valence-electron chi connectivity index (χ1n) is 8.62. The third-order valence-corrected chi connectivity index (χ3v) is 4.55. The van der Waals surface area contributed by atoms with E-state index in [0.717, 1.165) is 59.4 Å². The van der Waals surface area contributed by atoms with Gasteiger partial charge in [-0.15, -0.1) is 0 Å². The maximum Gasteiger partial charge on any atom is 0.209 e. The van der Waals surface area contributed by atoms with Crippen molar-refractivity contribution in [3.8, 4) is 0 Å².